The summed E-state index contributed by atoms with van der Waals surface area (Å²) in [6.45, 7) is 1.68. The van der Waals surface area contributed by atoms with Crippen molar-refractivity contribution in [2.45, 2.75) is 12.8 Å². The van der Waals surface area contributed by atoms with Crippen molar-refractivity contribution in [2.24, 2.45) is 0 Å². The smallest absolute Gasteiger partial charge is 0.338 e. The van der Waals surface area contributed by atoms with Crippen LogP contribution >= 0.6 is 11.6 Å². The first-order valence-corrected chi connectivity index (χ1v) is 7.94. The van der Waals surface area contributed by atoms with Crippen LogP contribution in [0.4, 0.5) is 0 Å². The van der Waals surface area contributed by atoms with Crippen molar-refractivity contribution in [1.29, 1.82) is 5.26 Å². The van der Waals surface area contributed by atoms with Crippen molar-refractivity contribution >= 4 is 23.5 Å². The molecule has 0 bridgehead atoms. The Kier molecular flexibility index (Phi) is 4.64. The van der Waals surface area contributed by atoms with Gasteiger partial charge in [0, 0.05) is 17.4 Å². The number of ether oxygens (including phenoxy) is 2. The van der Waals surface area contributed by atoms with Gasteiger partial charge < -0.3 is 9.47 Å². The number of esters is 1. The van der Waals surface area contributed by atoms with E-state index in [2.05, 4.69) is 6.07 Å². The van der Waals surface area contributed by atoms with Crippen molar-refractivity contribution in [3.8, 4) is 6.07 Å². The molecule has 25 heavy (non-hydrogen) atoms. The third kappa shape index (κ3) is 3.04. The van der Waals surface area contributed by atoms with Crippen molar-refractivity contribution in [1.82, 2.24) is 4.57 Å². The molecule has 126 valence electrons. The molecule has 5 nitrogen and oxygen atoms in total. The maximum Gasteiger partial charge on any atom is 0.338 e. The number of aromatic nitrogens is 1. The van der Waals surface area contributed by atoms with Gasteiger partial charge in [0.2, 0.25) is 5.88 Å². The maximum atomic E-state index is 12.4. The summed E-state index contributed by atoms with van der Waals surface area (Å²) in [5, 5.41) is 10.3. The molecule has 1 aromatic heterocycles. The molecule has 1 aliphatic heterocycles. The lowest BCUT2D eigenvalue weighted by Gasteiger charge is -2.28. The quantitative estimate of drug-likeness (QED) is 0.778. The number of nitrogens with zero attached hydrogens (tertiary/aromatic N) is 2. The number of hydrogen-bond donors (Lipinski definition) is 0. The van der Waals surface area contributed by atoms with Crippen molar-refractivity contribution < 1.29 is 14.3 Å². The third-order valence-corrected chi connectivity index (χ3v) is 4.22. The summed E-state index contributed by atoms with van der Waals surface area (Å²) in [6.07, 6.45) is 3.55. The molecule has 0 radical (unpaired) electrons. The molecule has 0 amide bonds. The van der Waals surface area contributed by atoms with Crippen LogP contribution in [0, 0.1) is 11.3 Å². The van der Waals surface area contributed by atoms with Gasteiger partial charge in [-0.15, -0.1) is 0 Å². The van der Waals surface area contributed by atoms with Gasteiger partial charge in [0.25, 0.3) is 0 Å². The number of allylic oxidation sites excluding steroid dienone is 2. The Bertz CT molecular complexity index is 920. The van der Waals surface area contributed by atoms with Gasteiger partial charge in [-0.3, -0.25) is 4.57 Å². The molecule has 0 spiro atoms. The normalized spacial score (nSPS) is 17.1. The van der Waals surface area contributed by atoms with E-state index in [4.69, 9.17) is 21.1 Å². The number of carbonyl (C=O) groups excluding carboxylic acids is 1. The lowest BCUT2D eigenvalue weighted by atomic mass is 9.83. The number of methoxy groups -OCH3 is 1. The Balaban J connectivity index is 2.26. The molecule has 0 saturated carbocycles. The lowest BCUT2D eigenvalue weighted by molar-refractivity contribution is -0.136. The van der Waals surface area contributed by atoms with Crippen LogP contribution in [-0.4, -0.2) is 17.6 Å². The largest absolute Gasteiger partial charge is 0.466 e. The van der Waals surface area contributed by atoms with E-state index >= 15 is 0 Å². The highest BCUT2D eigenvalue weighted by Gasteiger charge is 2.37. The second-order valence-electron chi connectivity index (χ2n) is 5.47. The van der Waals surface area contributed by atoms with Gasteiger partial charge in [0.1, 0.15) is 17.4 Å². The Morgan fingerprint density at radius 3 is 2.64 bits per heavy atom. The minimum atomic E-state index is -0.623. The van der Waals surface area contributed by atoms with Crippen LogP contribution in [0.2, 0.25) is 5.02 Å². The van der Waals surface area contributed by atoms with Crippen molar-refractivity contribution in [3.63, 3.8) is 0 Å². The summed E-state index contributed by atoms with van der Waals surface area (Å²) in [5.74, 6) is -0.411. The topological polar surface area (TPSA) is 64.2 Å². The van der Waals surface area contributed by atoms with Crippen LogP contribution in [0.25, 0.3) is 5.88 Å². The number of halogens is 1. The van der Waals surface area contributed by atoms with Crippen LogP contribution in [0.1, 0.15) is 18.4 Å². The standard InChI is InChI=1S/C19H15ClN2O3/c1-12-16(19(23)24-2)17(13-6-5-7-14(20)10-13)15(11-21)18(25-12)22-8-3-4-9-22/h3-10,17H,1-2H3/t17-/m1/s1. The summed E-state index contributed by atoms with van der Waals surface area (Å²) in [5.41, 5.74) is 1.32. The SMILES string of the molecule is COC(=O)C1=C(C)OC(n2cccc2)=C(C#N)[C@H]1c1cccc(Cl)c1. The first-order valence-electron chi connectivity index (χ1n) is 7.56. The van der Waals surface area contributed by atoms with E-state index in [1.807, 2.05) is 18.2 Å². The van der Waals surface area contributed by atoms with Gasteiger partial charge in [-0.25, -0.2) is 4.79 Å². The number of carbonyl (C=O) groups is 1. The molecule has 3 rings (SSSR count). The first-order chi connectivity index (χ1) is 12.1. The lowest BCUT2D eigenvalue weighted by Crippen LogP contribution is -2.23. The summed E-state index contributed by atoms with van der Waals surface area (Å²) in [6, 6.07) is 12.9. The Morgan fingerprint density at radius 1 is 1.32 bits per heavy atom. The highest BCUT2D eigenvalue weighted by Crippen LogP contribution is 2.42. The zero-order chi connectivity index (χ0) is 18.0. The fourth-order valence-corrected chi connectivity index (χ4v) is 3.09. The van der Waals surface area contributed by atoms with Crippen LogP contribution in [0.3, 0.4) is 0 Å². The highest BCUT2D eigenvalue weighted by atomic mass is 35.5. The summed E-state index contributed by atoms with van der Waals surface area (Å²) in [4.78, 5) is 12.4. The van der Waals surface area contributed by atoms with E-state index in [0.29, 0.717) is 22.2 Å². The molecular formula is C19H15ClN2O3. The molecule has 1 atom stereocenters. The molecule has 0 fully saturated rings. The zero-order valence-corrected chi connectivity index (χ0v) is 14.4. The van der Waals surface area contributed by atoms with Crippen LogP contribution in [0.5, 0.6) is 0 Å². The number of nitriles is 1. The summed E-state index contributed by atoms with van der Waals surface area (Å²) in [7, 11) is 1.30. The monoisotopic (exact) mass is 354 g/mol. The second-order valence-corrected chi connectivity index (χ2v) is 5.91. The molecule has 1 aromatic carbocycles. The average molecular weight is 355 g/mol. The minimum Gasteiger partial charge on any atom is -0.466 e. The van der Waals surface area contributed by atoms with E-state index in [1.54, 1.807) is 42.1 Å². The fraction of sp³-hybridized carbons (Fsp3) is 0.158. The highest BCUT2D eigenvalue weighted by molar-refractivity contribution is 6.30. The predicted octanol–water partition coefficient (Wildman–Crippen LogP) is 4.09. The number of rotatable bonds is 3. The molecule has 2 aromatic rings. The Morgan fingerprint density at radius 2 is 2.04 bits per heavy atom. The average Bonchev–Trinajstić information content (AvgIpc) is 3.14. The van der Waals surface area contributed by atoms with Crippen molar-refractivity contribution in [2.75, 3.05) is 7.11 Å². The van der Waals surface area contributed by atoms with E-state index < -0.39 is 11.9 Å². The van der Waals surface area contributed by atoms with Gasteiger partial charge in [-0.2, -0.15) is 5.26 Å². The molecule has 1 aliphatic rings. The predicted molar refractivity (Wildman–Crippen MR) is 93.3 cm³/mol. The van der Waals surface area contributed by atoms with Gasteiger partial charge in [-0.05, 0) is 36.8 Å². The minimum absolute atomic E-state index is 0.289. The first kappa shape index (κ1) is 16.9. The van der Waals surface area contributed by atoms with E-state index in [-0.39, 0.29) is 5.57 Å². The summed E-state index contributed by atoms with van der Waals surface area (Å²) < 4.78 is 12.4. The molecule has 2 heterocycles. The summed E-state index contributed by atoms with van der Waals surface area (Å²) >= 11 is 6.12. The molecular weight excluding hydrogens is 340 g/mol. The van der Waals surface area contributed by atoms with Crippen LogP contribution in [-0.2, 0) is 14.3 Å². The van der Waals surface area contributed by atoms with Crippen LogP contribution < -0.4 is 0 Å². The number of benzene rings is 1. The van der Waals surface area contributed by atoms with Gasteiger partial charge in [0.15, 0.2) is 0 Å². The molecule has 0 unspecified atom stereocenters. The molecule has 0 aliphatic carbocycles. The Hall–Kier alpha value is -2.97. The van der Waals surface area contributed by atoms with Gasteiger partial charge >= 0.3 is 5.97 Å². The fourth-order valence-electron chi connectivity index (χ4n) is 2.89. The van der Waals surface area contributed by atoms with E-state index in [0.717, 1.165) is 5.56 Å². The molecule has 0 N–H and O–H groups in total. The van der Waals surface area contributed by atoms with Crippen molar-refractivity contribution in [3.05, 3.63) is 76.3 Å². The zero-order valence-electron chi connectivity index (χ0n) is 13.7. The Labute approximate surface area is 150 Å². The van der Waals surface area contributed by atoms with E-state index in [1.165, 1.54) is 7.11 Å². The van der Waals surface area contributed by atoms with Gasteiger partial charge in [0.05, 0.1) is 18.6 Å². The van der Waals surface area contributed by atoms with Gasteiger partial charge in [-0.1, -0.05) is 23.7 Å². The van der Waals surface area contributed by atoms with E-state index in [9.17, 15) is 10.1 Å². The number of hydrogen-bond acceptors (Lipinski definition) is 4. The second kappa shape index (κ2) is 6.88. The maximum absolute atomic E-state index is 12.4. The van der Waals surface area contributed by atoms with Crippen LogP contribution in [0.15, 0.2) is 65.7 Å². The third-order valence-electron chi connectivity index (χ3n) is 3.98. The molecule has 0 saturated heterocycles. The molecule has 6 heteroatoms.